The van der Waals surface area contributed by atoms with Crippen LogP contribution in [0.15, 0.2) is 47.2 Å². The van der Waals surface area contributed by atoms with Crippen molar-refractivity contribution in [2.45, 2.75) is 19.0 Å². The molecule has 2 atom stereocenters. The van der Waals surface area contributed by atoms with Crippen molar-refractivity contribution < 1.29 is 32.2 Å². The largest absolute Gasteiger partial charge is 0.469 e. The molecule has 0 aliphatic heterocycles. The summed E-state index contributed by atoms with van der Waals surface area (Å²) in [6.45, 7) is 1.70. The SMILES string of the molecule is CNC1=C(C(=O)OC)C(c2ccc(C(F)(F)F)cc2)C(C(=O)OC)C(C)=C1. The third-order valence-corrected chi connectivity index (χ3v) is 4.52. The Kier molecular flexibility index (Phi) is 5.98. The molecule has 1 aliphatic carbocycles. The topological polar surface area (TPSA) is 64.6 Å². The molecule has 146 valence electrons. The van der Waals surface area contributed by atoms with E-state index in [0.29, 0.717) is 16.8 Å². The Bertz CT molecular complexity index is 794. The molecular formula is C19H20F3NO4. The van der Waals surface area contributed by atoms with E-state index in [1.807, 2.05) is 0 Å². The normalized spacial score (nSPS) is 20.0. The van der Waals surface area contributed by atoms with Gasteiger partial charge < -0.3 is 14.8 Å². The third kappa shape index (κ3) is 3.99. The number of benzene rings is 1. The number of nitrogens with one attached hydrogen (secondary N) is 1. The van der Waals surface area contributed by atoms with Gasteiger partial charge in [0, 0.05) is 18.7 Å². The summed E-state index contributed by atoms with van der Waals surface area (Å²) in [6.07, 6.45) is -2.85. The van der Waals surface area contributed by atoms with E-state index in [-0.39, 0.29) is 5.57 Å². The Hall–Kier alpha value is -2.77. The number of esters is 2. The molecule has 0 spiro atoms. The summed E-state index contributed by atoms with van der Waals surface area (Å²) in [5, 5.41) is 2.88. The molecule has 2 unspecified atom stereocenters. The van der Waals surface area contributed by atoms with Crippen LogP contribution in [-0.2, 0) is 25.2 Å². The summed E-state index contributed by atoms with van der Waals surface area (Å²) < 4.78 is 48.4. The fourth-order valence-electron chi connectivity index (χ4n) is 3.23. The summed E-state index contributed by atoms with van der Waals surface area (Å²) in [6, 6.07) is 4.37. The van der Waals surface area contributed by atoms with E-state index in [9.17, 15) is 22.8 Å². The average Bonchev–Trinajstić information content (AvgIpc) is 2.65. The maximum absolute atomic E-state index is 12.9. The molecule has 0 amide bonds. The van der Waals surface area contributed by atoms with Gasteiger partial charge in [-0.3, -0.25) is 4.79 Å². The van der Waals surface area contributed by atoms with Crippen molar-refractivity contribution in [3.8, 4) is 0 Å². The third-order valence-electron chi connectivity index (χ3n) is 4.52. The molecule has 27 heavy (non-hydrogen) atoms. The van der Waals surface area contributed by atoms with Crippen molar-refractivity contribution in [2.75, 3.05) is 21.3 Å². The highest BCUT2D eigenvalue weighted by molar-refractivity contribution is 5.94. The van der Waals surface area contributed by atoms with Crippen molar-refractivity contribution in [3.63, 3.8) is 0 Å². The highest BCUT2D eigenvalue weighted by Crippen LogP contribution is 2.43. The number of methoxy groups -OCH3 is 2. The van der Waals surface area contributed by atoms with Crippen LogP contribution in [0.1, 0.15) is 24.0 Å². The van der Waals surface area contributed by atoms with E-state index < -0.39 is 35.5 Å². The minimum Gasteiger partial charge on any atom is -0.469 e. The molecule has 0 radical (unpaired) electrons. The van der Waals surface area contributed by atoms with Crippen LogP contribution in [0.25, 0.3) is 0 Å². The number of hydrogen-bond acceptors (Lipinski definition) is 5. The van der Waals surface area contributed by atoms with Crippen LogP contribution in [-0.4, -0.2) is 33.2 Å². The molecule has 8 heteroatoms. The first-order valence-corrected chi connectivity index (χ1v) is 8.09. The Balaban J connectivity index is 2.67. The molecular weight excluding hydrogens is 363 g/mol. The van der Waals surface area contributed by atoms with E-state index in [0.717, 1.165) is 12.1 Å². The number of allylic oxidation sites excluding steroid dienone is 1. The van der Waals surface area contributed by atoms with Gasteiger partial charge in [0.1, 0.15) is 0 Å². The van der Waals surface area contributed by atoms with Crippen molar-refractivity contribution in [3.05, 3.63) is 58.3 Å². The van der Waals surface area contributed by atoms with Gasteiger partial charge in [-0.15, -0.1) is 0 Å². The average molecular weight is 383 g/mol. The van der Waals surface area contributed by atoms with Gasteiger partial charge in [-0.1, -0.05) is 17.7 Å². The maximum atomic E-state index is 12.9. The number of carbonyl (C=O) groups is 2. The lowest BCUT2D eigenvalue weighted by molar-refractivity contribution is -0.145. The highest BCUT2D eigenvalue weighted by atomic mass is 19.4. The second-order valence-electron chi connectivity index (χ2n) is 6.06. The first-order valence-electron chi connectivity index (χ1n) is 8.09. The van der Waals surface area contributed by atoms with E-state index in [1.165, 1.54) is 26.4 Å². The van der Waals surface area contributed by atoms with E-state index >= 15 is 0 Å². The monoisotopic (exact) mass is 383 g/mol. The van der Waals surface area contributed by atoms with Gasteiger partial charge in [-0.25, -0.2) is 4.79 Å². The summed E-state index contributed by atoms with van der Waals surface area (Å²) in [7, 11) is 4.02. The van der Waals surface area contributed by atoms with Crippen LogP contribution in [0, 0.1) is 5.92 Å². The fraction of sp³-hybridized carbons (Fsp3) is 0.368. The Morgan fingerprint density at radius 1 is 1.07 bits per heavy atom. The molecule has 5 nitrogen and oxygen atoms in total. The summed E-state index contributed by atoms with van der Waals surface area (Å²) in [4.78, 5) is 24.8. The van der Waals surface area contributed by atoms with Crippen molar-refractivity contribution in [1.82, 2.24) is 5.32 Å². The molecule has 0 fully saturated rings. The smallest absolute Gasteiger partial charge is 0.416 e. The van der Waals surface area contributed by atoms with Gasteiger partial charge in [0.05, 0.1) is 31.3 Å². The quantitative estimate of drug-likeness (QED) is 0.809. The molecule has 1 aromatic carbocycles. The first kappa shape index (κ1) is 20.5. The number of rotatable bonds is 4. The number of ether oxygens (including phenoxy) is 2. The number of halogens is 3. The summed E-state index contributed by atoms with van der Waals surface area (Å²) in [5.41, 5.74) is 0.759. The van der Waals surface area contributed by atoms with Crippen LogP contribution in [0.3, 0.4) is 0 Å². The van der Waals surface area contributed by atoms with E-state index in [1.54, 1.807) is 20.0 Å². The van der Waals surface area contributed by atoms with Crippen LogP contribution >= 0.6 is 0 Å². The number of carbonyl (C=O) groups excluding carboxylic acids is 2. The minimum absolute atomic E-state index is 0.153. The number of hydrogen-bond donors (Lipinski definition) is 1. The Morgan fingerprint density at radius 3 is 2.11 bits per heavy atom. The summed E-state index contributed by atoms with van der Waals surface area (Å²) in [5.74, 6) is -2.98. The second kappa shape index (κ2) is 7.85. The number of alkyl halides is 3. The lowest BCUT2D eigenvalue weighted by Gasteiger charge is -2.32. The van der Waals surface area contributed by atoms with Gasteiger partial charge >= 0.3 is 18.1 Å². The molecule has 0 saturated carbocycles. The standard InChI is InChI=1S/C19H20F3NO4/c1-10-9-13(23-2)16(18(25)27-4)15(14(10)17(24)26-3)11-5-7-12(8-6-11)19(20,21)22/h5-9,14-15,23H,1-4H3. The van der Waals surface area contributed by atoms with E-state index in [4.69, 9.17) is 9.47 Å². The highest BCUT2D eigenvalue weighted by Gasteiger charge is 2.42. The molecule has 0 bridgehead atoms. The molecule has 0 aromatic heterocycles. The van der Waals surface area contributed by atoms with Crippen molar-refractivity contribution in [2.24, 2.45) is 5.92 Å². The van der Waals surface area contributed by atoms with Gasteiger partial charge in [0.25, 0.3) is 0 Å². The predicted octanol–water partition coefficient (Wildman–Crippen LogP) is 3.18. The fourth-order valence-corrected chi connectivity index (χ4v) is 3.23. The molecule has 0 heterocycles. The van der Waals surface area contributed by atoms with Crippen LogP contribution in [0.4, 0.5) is 13.2 Å². The van der Waals surface area contributed by atoms with Crippen LogP contribution in [0.5, 0.6) is 0 Å². The lowest BCUT2D eigenvalue weighted by Crippen LogP contribution is -2.34. The molecule has 1 aliphatic rings. The second-order valence-corrected chi connectivity index (χ2v) is 6.06. The van der Waals surface area contributed by atoms with Gasteiger partial charge in [0.15, 0.2) is 0 Å². The van der Waals surface area contributed by atoms with Crippen molar-refractivity contribution >= 4 is 11.9 Å². The van der Waals surface area contributed by atoms with Crippen LogP contribution in [0.2, 0.25) is 0 Å². The van der Waals surface area contributed by atoms with Crippen molar-refractivity contribution in [1.29, 1.82) is 0 Å². The van der Waals surface area contributed by atoms with Gasteiger partial charge in [-0.05, 0) is 30.7 Å². The number of likely N-dealkylation sites (N-methyl/N-ethyl adjacent to an activating group) is 1. The molecule has 1 aromatic rings. The molecule has 0 saturated heterocycles. The molecule has 2 rings (SSSR count). The van der Waals surface area contributed by atoms with E-state index in [2.05, 4.69) is 5.32 Å². The zero-order valence-electron chi connectivity index (χ0n) is 15.3. The zero-order chi connectivity index (χ0) is 20.4. The Labute approximate surface area is 154 Å². The summed E-state index contributed by atoms with van der Waals surface area (Å²) >= 11 is 0. The Morgan fingerprint density at radius 2 is 1.67 bits per heavy atom. The van der Waals surface area contributed by atoms with Crippen LogP contribution < -0.4 is 5.32 Å². The first-order chi connectivity index (χ1) is 12.6. The maximum Gasteiger partial charge on any atom is 0.416 e. The van der Waals surface area contributed by atoms with Gasteiger partial charge in [0.2, 0.25) is 0 Å². The minimum atomic E-state index is -4.49. The molecule has 1 N–H and O–H groups in total. The zero-order valence-corrected chi connectivity index (χ0v) is 15.3. The van der Waals surface area contributed by atoms with Gasteiger partial charge in [-0.2, -0.15) is 13.2 Å². The predicted molar refractivity (Wildman–Crippen MR) is 91.5 cm³/mol. The lowest BCUT2D eigenvalue weighted by atomic mass is 9.72.